The van der Waals surface area contributed by atoms with Gasteiger partial charge >= 0.3 is 0 Å². The third-order valence-electron chi connectivity index (χ3n) is 3.94. The molecule has 0 aromatic heterocycles. The van der Waals surface area contributed by atoms with Gasteiger partial charge in [-0.2, -0.15) is 0 Å². The zero-order valence-electron chi connectivity index (χ0n) is 12.6. The summed E-state index contributed by atoms with van der Waals surface area (Å²) in [6.07, 6.45) is 2.56. The first-order chi connectivity index (χ1) is 10.7. The number of ether oxygens (including phenoxy) is 2. The lowest BCUT2D eigenvalue weighted by Crippen LogP contribution is -2.40. The minimum absolute atomic E-state index is 0.0888. The van der Waals surface area contributed by atoms with E-state index in [9.17, 15) is 9.59 Å². The molecule has 0 bridgehead atoms. The lowest BCUT2D eigenvalue weighted by Gasteiger charge is -2.16. The number of amides is 2. The first-order valence-corrected chi connectivity index (χ1v) is 7.52. The summed E-state index contributed by atoms with van der Waals surface area (Å²) in [4.78, 5) is 25.7. The fraction of sp³-hybridized carbons (Fsp3) is 0.500. The van der Waals surface area contributed by atoms with Crippen LogP contribution in [-0.2, 0) is 9.59 Å². The SMILES string of the molecule is COc1ccccc1OCC(=O)NC1CC(=O)N(C2CC2)C1. The van der Waals surface area contributed by atoms with Crippen molar-refractivity contribution in [3.63, 3.8) is 0 Å². The van der Waals surface area contributed by atoms with Crippen LogP contribution >= 0.6 is 0 Å². The van der Waals surface area contributed by atoms with Gasteiger partial charge in [-0.1, -0.05) is 12.1 Å². The number of hydrogen-bond acceptors (Lipinski definition) is 4. The van der Waals surface area contributed by atoms with Crippen LogP contribution in [0.3, 0.4) is 0 Å². The Morgan fingerprint density at radius 2 is 2.05 bits per heavy atom. The summed E-state index contributed by atoms with van der Waals surface area (Å²) in [6, 6.07) is 7.47. The molecule has 2 fully saturated rings. The molecule has 1 unspecified atom stereocenters. The van der Waals surface area contributed by atoms with Crippen molar-refractivity contribution in [1.82, 2.24) is 10.2 Å². The number of rotatable bonds is 6. The predicted molar refractivity (Wildman–Crippen MR) is 79.8 cm³/mol. The minimum atomic E-state index is -0.221. The molecule has 1 aliphatic carbocycles. The van der Waals surface area contributed by atoms with Crippen molar-refractivity contribution in [3.05, 3.63) is 24.3 Å². The van der Waals surface area contributed by atoms with Crippen molar-refractivity contribution in [1.29, 1.82) is 0 Å². The number of nitrogens with one attached hydrogen (secondary N) is 1. The number of benzene rings is 1. The van der Waals surface area contributed by atoms with E-state index in [1.807, 2.05) is 17.0 Å². The van der Waals surface area contributed by atoms with Crippen LogP contribution in [-0.4, -0.2) is 49.1 Å². The molecule has 22 heavy (non-hydrogen) atoms. The number of likely N-dealkylation sites (tertiary alicyclic amines) is 1. The largest absolute Gasteiger partial charge is 0.493 e. The van der Waals surface area contributed by atoms with E-state index in [0.717, 1.165) is 12.8 Å². The fourth-order valence-electron chi connectivity index (χ4n) is 2.72. The van der Waals surface area contributed by atoms with E-state index in [0.29, 0.717) is 30.5 Å². The summed E-state index contributed by atoms with van der Waals surface area (Å²) in [6.45, 7) is 0.526. The number of nitrogens with zero attached hydrogens (tertiary/aromatic N) is 1. The van der Waals surface area contributed by atoms with Crippen LogP contribution in [0.1, 0.15) is 19.3 Å². The first kappa shape index (κ1) is 14.7. The number of carbonyl (C=O) groups excluding carboxylic acids is 2. The van der Waals surface area contributed by atoms with Crippen molar-refractivity contribution in [2.24, 2.45) is 0 Å². The molecule has 6 heteroatoms. The molecule has 1 saturated heterocycles. The average Bonchev–Trinajstić information content (AvgIpc) is 3.29. The highest BCUT2D eigenvalue weighted by Crippen LogP contribution is 2.30. The number of para-hydroxylation sites is 2. The second-order valence-electron chi connectivity index (χ2n) is 5.69. The van der Waals surface area contributed by atoms with Crippen LogP contribution in [0.5, 0.6) is 11.5 Å². The van der Waals surface area contributed by atoms with E-state index in [1.54, 1.807) is 19.2 Å². The molecule has 1 saturated carbocycles. The standard InChI is InChI=1S/C16H20N2O4/c1-21-13-4-2-3-5-14(13)22-10-15(19)17-11-8-16(20)18(9-11)12-6-7-12/h2-5,11-12H,6-10H2,1H3,(H,17,19). The Bertz CT molecular complexity index is 571. The molecular weight excluding hydrogens is 284 g/mol. The van der Waals surface area contributed by atoms with Crippen LogP contribution < -0.4 is 14.8 Å². The maximum Gasteiger partial charge on any atom is 0.258 e. The molecule has 1 atom stereocenters. The zero-order chi connectivity index (χ0) is 15.5. The van der Waals surface area contributed by atoms with Gasteiger partial charge in [-0.25, -0.2) is 0 Å². The second-order valence-corrected chi connectivity index (χ2v) is 5.69. The van der Waals surface area contributed by atoms with E-state index >= 15 is 0 Å². The zero-order valence-corrected chi connectivity index (χ0v) is 12.6. The molecule has 1 aromatic rings. The van der Waals surface area contributed by atoms with Gasteiger partial charge in [0.05, 0.1) is 13.2 Å². The maximum absolute atomic E-state index is 12.0. The average molecular weight is 304 g/mol. The molecule has 0 radical (unpaired) electrons. The van der Waals surface area contributed by atoms with E-state index in [4.69, 9.17) is 9.47 Å². The lowest BCUT2D eigenvalue weighted by molar-refractivity contribution is -0.128. The molecule has 118 valence electrons. The van der Waals surface area contributed by atoms with Crippen LogP contribution in [0.4, 0.5) is 0 Å². The van der Waals surface area contributed by atoms with Crippen LogP contribution in [0, 0.1) is 0 Å². The summed E-state index contributed by atoms with van der Waals surface area (Å²) >= 11 is 0. The molecule has 2 aliphatic rings. The third kappa shape index (κ3) is 3.32. The Kier molecular flexibility index (Phi) is 4.18. The van der Waals surface area contributed by atoms with Gasteiger partial charge in [-0.3, -0.25) is 9.59 Å². The maximum atomic E-state index is 12.0. The molecule has 1 aliphatic heterocycles. The Balaban J connectivity index is 1.47. The monoisotopic (exact) mass is 304 g/mol. The Labute approximate surface area is 129 Å². The van der Waals surface area contributed by atoms with Crippen molar-refractivity contribution >= 4 is 11.8 Å². The quantitative estimate of drug-likeness (QED) is 0.850. The lowest BCUT2D eigenvalue weighted by atomic mass is 10.2. The Morgan fingerprint density at radius 3 is 2.73 bits per heavy atom. The smallest absolute Gasteiger partial charge is 0.258 e. The van der Waals surface area contributed by atoms with Crippen LogP contribution in [0.15, 0.2) is 24.3 Å². The third-order valence-corrected chi connectivity index (χ3v) is 3.94. The van der Waals surface area contributed by atoms with Crippen molar-refractivity contribution in [2.75, 3.05) is 20.3 Å². The van der Waals surface area contributed by atoms with Gasteiger partial charge in [0.15, 0.2) is 18.1 Å². The topological polar surface area (TPSA) is 67.9 Å². The van der Waals surface area contributed by atoms with Gasteiger partial charge in [0.1, 0.15) is 0 Å². The van der Waals surface area contributed by atoms with Gasteiger partial charge in [0, 0.05) is 19.0 Å². The second kappa shape index (κ2) is 6.25. The van der Waals surface area contributed by atoms with E-state index in [-0.39, 0.29) is 24.5 Å². The number of hydrogen-bond donors (Lipinski definition) is 1. The van der Waals surface area contributed by atoms with Crippen molar-refractivity contribution in [3.8, 4) is 11.5 Å². The van der Waals surface area contributed by atoms with Crippen molar-refractivity contribution < 1.29 is 19.1 Å². The van der Waals surface area contributed by atoms with E-state index in [2.05, 4.69) is 5.32 Å². The van der Waals surface area contributed by atoms with Gasteiger partial charge in [-0.15, -0.1) is 0 Å². The summed E-state index contributed by atoms with van der Waals surface area (Å²) < 4.78 is 10.6. The Hall–Kier alpha value is -2.24. The Morgan fingerprint density at radius 1 is 1.32 bits per heavy atom. The highest BCUT2D eigenvalue weighted by atomic mass is 16.5. The summed E-state index contributed by atoms with van der Waals surface area (Å²) in [5.74, 6) is 1.04. The summed E-state index contributed by atoms with van der Waals surface area (Å²) in [7, 11) is 1.55. The number of carbonyl (C=O) groups is 2. The van der Waals surface area contributed by atoms with Gasteiger partial charge in [0.2, 0.25) is 5.91 Å². The van der Waals surface area contributed by atoms with Gasteiger partial charge < -0.3 is 19.7 Å². The van der Waals surface area contributed by atoms with Crippen LogP contribution in [0.2, 0.25) is 0 Å². The van der Waals surface area contributed by atoms with Gasteiger partial charge in [0.25, 0.3) is 5.91 Å². The molecule has 1 heterocycles. The minimum Gasteiger partial charge on any atom is -0.493 e. The van der Waals surface area contributed by atoms with E-state index in [1.165, 1.54) is 0 Å². The van der Waals surface area contributed by atoms with Crippen LogP contribution in [0.25, 0.3) is 0 Å². The first-order valence-electron chi connectivity index (χ1n) is 7.52. The predicted octanol–water partition coefficient (Wildman–Crippen LogP) is 0.953. The van der Waals surface area contributed by atoms with Gasteiger partial charge in [-0.05, 0) is 25.0 Å². The molecule has 3 rings (SSSR count). The molecule has 1 N–H and O–H groups in total. The highest BCUT2D eigenvalue weighted by molar-refractivity contribution is 5.83. The summed E-state index contributed by atoms with van der Waals surface area (Å²) in [5.41, 5.74) is 0. The molecule has 6 nitrogen and oxygen atoms in total. The highest BCUT2D eigenvalue weighted by Gasteiger charge is 2.39. The fourth-order valence-corrected chi connectivity index (χ4v) is 2.72. The molecule has 1 aromatic carbocycles. The molecule has 2 amide bonds. The van der Waals surface area contributed by atoms with Crippen molar-refractivity contribution in [2.45, 2.75) is 31.3 Å². The summed E-state index contributed by atoms with van der Waals surface area (Å²) in [5, 5.41) is 2.86. The normalized spacial score (nSPS) is 20.9. The van der Waals surface area contributed by atoms with E-state index < -0.39 is 0 Å². The molecule has 0 spiro atoms. The number of methoxy groups -OCH3 is 1. The molecular formula is C16H20N2O4.